The van der Waals surface area contributed by atoms with Gasteiger partial charge in [0.2, 0.25) is 0 Å². The van der Waals surface area contributed by atoms with Crippen molar-refractivity contribution in [3.8, 4) is 5.75 Å². The largest absolute Gasteiger partial charge is 0.508 e. The maximum absolute atomic E-state index is 14.0. The summed E-state index contributed by atoms with van der Waals surface area (Å²) in [6, 6.07) is 4.56. The summed E-state index contributed by atoms with van der Waals surface area (Å²) in [7, 11) is 0. The van der Waals surface area contributed by atoms with Gasteiger partial charge in [-0.1, -0.05) is 12.1 Å². The van der Waals surface area contributed by atoms with Crippen molar-refractivity contribution >= 4 is 12.4 Å². The van der Waals surface area contributed by atoms with Crippen LogP contribution in [-0.2, 0) is 0 Å². The first-order valence-electron chi connectivity index (χ1n) is 6.27. The number of phenolic OH excluding ortho intramolecular Hbond substituents is 1. The molecule has 2 rings (SSSR count). The van der Waals surface area contributed by atoms with Crippen molar-refractivity contribution in [2.75, 3.05) is 32.8 Å². The van der Waals surface area contributed by atoms with Crippen LogP contribution in [0.5, 0.6) is 5.75 Å². The zero-order valence-electron chi connectivity index (χ0n) is 10.9. The molecule has 114 valence electrons. The molecule has 1 fully saturated rings. The standard InChI is InChI=1S/C13H18F2N2O2.ClH/c14-13(15,9-18)12(17-7-5-16-6-8-17)10-1-3-11(19)4-2-10;/h1-4,12,16,18-19H,5-9H2;1H/t12-;/m0./s1. The highest BCUT2D eigenvalue weighted by atomic mass is 35.5. The lowest BCUT2D eigenvalue weighted by Crippen LogP contribution is -2.51. The van der Waals surface area contributed by atoms with Crippen molar-refractivity contribution in [3.05, 3.63) is 29.8 Å². The molecule has 4 nitrogen and oxygen atoms in total. The number of piperazine rings is 1. The Balaban J connectivity index is 0.00000200. The number of nitrogens with zero attached hydrogens (tertiary/aromatic N) is 1. The second kappa shape index (κ2) is 7.17. The summed E-state index contributed by atoms with van der Waals surface area (Å²) >= 11 is 0. The molecule has 1 aliphatic rings. The summed E-state index contributed by atoms with van der Waals surface area (Å²) in [6.45, 7) is 1.11. The van der Waals surface area contributed by atoms with Crippen LogP contribution in [0.4, 0.5) is 8.78 Å². The van der Waals surface area contributed by atoms with Gasteiger partial charge in [0.05, 0.1) is 0 Å². The fourth-order valence-corrected chi connectivity index (χ4v) is 2.41. The Morgan fingerprint density at radius 1 is 1.20 bits per heavy atom. The van der Waals surface area contributed by atoms with Crippen molar-refractivity contribution in [2.45, 2.75) is 12.0 Å². The van der Waals surface area contributed by atoms with Gasteiger partial charge in [-0.05, 0) is 17.7 Å². The van der Waals surface area contributed by atoms with E-state index in [1.807, 2.05) is 0 Å². The first-order chi connectivity index (χ1) is 9.04. The summed E-state index contributed by atoms with van der Waals surface area (Å²) in [5, 5.41) is 21.3. The fraction of sp³-hybridized carbons (Fsp3) is 0.538. The van der Waals surface area contributed by atoms with E-state index in [4.69, 9.17) is 5.11 Å². The fourth-order valence-electron chi connectivity index (χ4n) is 2.41. The first kappa shape index (κ1) is 17.1. The van der Waals surface area contributed by atoms with Crippen molar-refractivity contribution in [1.82, 2.24) is 10.2 Å². The topological polar surface area (TPSA) is 55.7 Å². The molecule has 1 heterocycles. The monoisotopic (exact) mass is 308 g/mol. The van der Waals surface area contributed by atoms with E-state index >= 15 is 0 Å². The first-order valence-corrected chi connectivity index (χ1v) is 6.27. The Kier molecular flexibility index (Phi) is 6.13. The van der Waals surface area contributed by atoms with Gasteiger partial charge in [0.15, 0.2) is 0 Å². The van der Waals surface area contributed by atoms with Gasteiger partial charge in [-0.2, -0.15) is 0 Å². The molecule has 0 bridgehead atoms. The Bertz CT molecular complexity index is 411. The number of hydrogen-bond donors (Lipinski definition) is 3. The van der Waals surface area contributed by atoms with Crippen LogP contribution < -0.4 is 5.32 Å². The van der Waals surface area contributed by atoms with E-state index in [9.17, 15) is 13.9 Å². The Morgan fingerprint density at radius 2 is 1.75 bits per heavy atom. The van der Waals surface area contributed by atoms with E-state index < -0.39 is 18.6 Å². The van der Waals surface area contributed by atoms with Gasteiger partial charge in [-0.25, -0.2) is 8.78 Å². The van der Waals surface area contributed by atoms with Gasteiger partial charge in [0.1, 0.15) is 18.4 Å². The van der Waals surface area contributed by atoms with Gasteiger partial charge < -0.3 is 15.5 Å². The average Bonchev–Trinajstić information content (AvgIpc) is 2.42. The Labute approximate surface area is 122 Å². The molecule has 1 aromatic rings. The average molecular weight is 309 g/mol. The van der Waals surface area contributed by atoms with Crippen LogP contribution >= 0.6 is 12.4 Å². The number of phenols is 1. The molecule has 0 aliphatic carbocycles. The maximum atomic E-state index is 14.0. The highest BCUT2D eigenvalue weighted by Gasteiger charge is 2.43. The van der Waals surface area contributed by atoms with Crippen LogP contribution in [0.15, 0.2) is 24.3 Å². The maximum Gasteiger partial charge on any atom is 0.289 e. The second-order valence-corrected chi connectivity index (χ2v) is 4.70. The summed E-state index contributed by atoms with van der Waals surface area (Å²) in [5.41, 5.74) is 0.402. The predicted molar refractivity (Wildman–Crippen MR) is 74.6 cm³/mol. The number of aliphatic hydroxyl groups excluding tert-OH is 1. The third kappa shape index (κ3) is 3.79. The van der Waals surface area contributed by atoms with Gasteiger partial charge in [0, 0.05) is 26.2 Å². The Morgan fingerprint density at radius 3 is 2.25 bits per heavy atom. The normalized spacial score (nSPS) is 18.4. The van der Waals surface area contributed by atoms with Crippen molar-refractivity contribution in [2.24, 2.45) is 0 Å². The number of aromatic hydroxyl groups is 1. The molecular weight excluding hydrogens is 290 g/mol. The van der Waals surface area contributed by atoms with Crippen LogP contribution in [0.3, 0.4) is 0 Å². The van der Waals surface area contributed by atoms with Crippen LogP contribution in [-0.4, -0.2) is 53.8 Å². The number of aliphatic hydroxyl groups is 1. The highest BCUT2D eigenvalue weighted by molar-refractivity contribution is 5.85. The number of alkyl halides is 2. The molecule has 1 aliphatic heterocycles. The van der Waals surface area contributed by atoms with E-state index in [2.05, 4.69) is 5.32 Å². The van der Waals surface area contributed by atoms with Gasteiger partial charge >= 0.3 is 0 Å². The molecule has 0 radical (unpaired) electrons. The lowest BCUT2D eigenvalue weighted by molar-refractivity contribution is -0.118. The van der Waals surface area contributed by atoms with Crippen molar-refractivity contribution < 1.29 is 19.0 Å². The molecule has 1 aromatic carbocycles. The molecule has 0 saturated carbocycles. The summed E-state index contributed by atoms with van der Waals surface area (Å²) < 4.78 is 28.0. The molecule has 0 aromatic heterocycles. The number of halogens is 3. The van der Waals surface area contributed by atoms with E-state index in [0.29, 0.717) is 31.7 Å². The van der Waals surface area contributed by atoms with Crippen LogP contribution in [0.25, 0.3) is 0 Å². The SMILES string of the molecule is Cl.OCC(F)(F)[C@H](c1ccc(O)cc1)N1CCNCC1. The summed E-state index contributed by atoms with van der Waals surface area (Å²) in [5.74, 6) is -3.18. The summed E-state index contributed by atoms with van der Waals surface area (Å²) in [4.78, 5) is 1.67. The van der Waals surface area contributed by atoms with E-state index in [1.165, 1.54) is 24.3 Å². The minimum Gasteiger partial charge on any atom is -0.508 e. The minimum absolute atomic E-state index is 0. The van der Waals surface area contributed by atoms with E-state index in [-0.39, 0.29) is 18.2 Å². The van der Waals surface area contributed by atoms with Gasteiger partial charge in [-0.15, -0.1) is 12.4 Å². The van der Waals surface area contributed by atoms with Crippen LogP contribution in [0.1, 0.15) is 11.6 Å². The van der Waals surface area contributed by atoms with Crippen molar-refractivity contribution in [3.63, 3.8) is 0 Å². The number of benzene rings is 1. The Hall–Kier alpha value is -0.950. The molecule has 1 saturated heterocycles. The highest BCUT2D eigenvalue weighted by Crippen LogP contribution is 2.36. The molecule has 7 heteroatoms. The second-order valence-electron chi connectivity index (χ2n) is 4.70. The van der Waals surface area contributed by atoms with E-state index in [1.54, 1.807) is 4.90 Å². The quantitative estimate of drug-likeness (QED) is 0.787. The minimum atomic E-state index is -3.21. The molecular formula is C13H19ClF2N2O2. The zero-order chi connectivity index (χ0) is 13.9. The van der Waals surface area contributed by atoms with Crippen LogP contribution in [0, 0.1) is 0 Å². The zero-order valence-corrected chi connectivity index (χ0v) is 11.7. The lowest BCUT2D eigenvalue weighted by Gasteiger charge is -2.38. The van der Waals surface area contributed by atoms with Crippen LogP contribution in [0.2, 0.25) is 0 Å². The van der Waals surface area contributed by atoms with Gasteiger partial charge in [-0.3, -0.25) is 4.90 Å². The smallest absolute Gasteiger partial charge is 0.289 e. The van der Waals surface area contributed by atoms with E-state index in [0.717, 1.165) is 0 Å². The summed E-state index contributed by atoms with van der Waals surface area (Å²) in [6.07, 6.45) is 0. The third-order valence-corrected chi connectivity index (χ3v) is 3.34. The van der Waals surface area contributed by atoms with Crippen molar-refractivity contribution in [1.29, 1.82) is 0 Å². The number of nitrogens with one attached hydrogen (secondary N) is 1. The number of rotatable bonds is 4. The predicted octanol–water partition coefficient (Wildman–Crippen LogP) is 1.39. The molecule has 0 spiro atoms. The molecule has 0 unspecified atom stereocenters. The molecule has 1 atom stereocenters. The lowest BCUT2D eigenvalue weighted by atomic mass is 9.98. The molecule has 20 heavy (non-hydrogen) atoms. The third-order valence-electron chi connectivity index (χ3n) is 3.34. The van der Waals surface area contributed by atoms with Gasteiger partial charge in [0.25, 0.3) is 5.92 Å². The number of hydrogen-bond acceptors (Lipinski definition) is 4. The molecule has 0 amide bonds. The molecule has 3 N–H and O–H groups in total.